The van der Waals surface area contributed by atoms with E-state index in [1.807, 2.05) is 30.3 Å². The molecule has 0 saturated carbocycles. The van der Waals surface area contributed by atoms with Gasteiger partial charge in [0.1, 0.15) is 16.5 Å². The third kappa shape index (κ3) is 5.15. The van der Waals surface area contributed by atoms with E-state index in [9.17, 15) is 9.59 Å². The van der Waals surface area contributed by atoms with Gasteiger partial charge in [-0.05, 0) is 43.3 Å². The number of nitrogens with one attached hydrogen (secondary N) is 1. The number of thiazole rings is 1. The van der Waals surface area contributed by atoms with Crippen molar-refractivity contribution in [2.45, 2.75) is 19.3 Å². The zero-order valence-electron chi connectivity index (χ0n) is 14.6. The Balaban J connectivity index is 1.60. The molecular weight excluding hydrogens is 364 g/mol. The maximum atomic E-state index is 12.4. The van der Waals surface area contributed by atoms with Crippen LogP contribution in [0.15, 0.2) is 60.0 Å². The van der Waals surface area contributed by atoms with E-state index in [2.05, 4.69) is 10.3 Å². The Labute approximate surface area is 160 Å². The van der Waals surface area contributed by atoms with Crippen LogP contribution in [0.4, 0.5) is 5.69 Å². The molecule has 7 heteroatoms. The number of carbonyl (C=O) groups excluding carboxylic acids is 1. The number of anilines is 1. The highest BCUT2D eigenvalue weighted by Crippen LogP contribution is 2.25. The Kier molecular flexibility index (Phi) is 5.83. The normalized spacial score (nSPS) is 11.6. The van der Waals surface area contributed by atoms with Gasteiger partial charge in [0, 0.05) is 11.1 Å². The summed E-state index contributed by atoms with van der Waals surface area (Å²) < 4.78 is 5.72. The average Bonchev–Trinajstić information content (AvgIpc) is 3.11. The van der Waals surface area contributed by atoms with Crippen molar-refractivity contribution in [2.75, 3.05) is 5.32 Å². The first kappa shape index (κ1) is 18.6. The number of aromatic nitrogens is 1. The minimum absolute atomic E-state index is 0.145. The second kappa shape index (κ2) is 8.46. The van der Waals surface area contributed by atoms with Crippen LogP contribution in [0.3, 0.4) is 0 Å². The molecule has 0 fully saturated rings. The first-order valence-electron chi connectivity index (χ1n) is 8.31. The Morgan fingerprint density at radius 1 is 1.11 bits per heavy atom. The van der Waals surface area contributed by atoms with Gasteiger partial charge >= 0.3 is 5.97 Å². The third-order valence-corrected chi connectivity index (χ3v) is 4.84. The standard InChI is InChI=1S/C20H18N2O4S/c1-13(20-22-15(12-27-20)11-18(23)24)19(25)21-14-7-9-17(10-8-14)26-16-5-3-2-4-6-16/h2-10,12-13H,11H2,1H3,(H,21,25)(H,23,24). The Hall–Kier alpha value is -3.19. The van der Waals surface area contributed by atoms with Crippen LogP contribution < -0.4 is 10.1 Å². The van der Waals surface area contributed by atoms with E-state index in [0.717, 1.165) is 5.75 Å². The number of carbonyl (C=O) groups is 2. The van der Waals surface area contributed by atoms with Gasteiger partial charge in [0.2, 0.25) is 5.91 Å². The lowest BCUT2D eigenvalue weighted by atomic mass is 10.1. The van der Waals surface area contributed by atoms with Gasteiger partial charge in [-0.2, -0.15) is 0 Å². The van der Waals surface area contributed by atoms with Crippen molar-refractivity contribution in [3.63, 3.8) is 0 Å². The number of ether oxygens (including phenoxy) is 1. The molecule has 0 aliphatic rings. The van der Waals surface area contributed by atoms with Crippen molar-refractivity contribution in [1.82, 2.24) is 4.98 Å². The predicted octanol–water partition coefficient (Wildman–Crippen LogP) is 4.30. The molecule has 0 saturated heterocycles. The number of carboxylic acids is 1. The van der Waals surface area contributed by atoms with E-state index >= 15 is 0 Å². The minimum atomic E-state index is -0.943. The molecule has 0 aliphatic carbocycles. The number of rotatable bonds is 7. The molecule has 3 rings (SSSR count). The Morgan fingerprint density at radius 2 is 1.78 bits per heavy atom. The second-order valence-corrected chi connectivity index (χ2v) is 6.79. The molecule has 6 nitrogen and oxygen atoms in total. The molecule has 1 atom stereocenters. The molecule has 27 heavy (non-hydrogen) atoms. The smallest absolute Gasteiger partial charge is 0.309 e. The zero-order chi connectivity index (χ0) is 19.2. The van der Waals surface area contributed by atoms with Crippen molar-refractivity contribution in [2.24, 2.45) is 0 Å². The van der Waals surface area contributed by atoms with Crippen LogP contribution in [-0.4, -0.2) is 22.0 Å². The molecule has 2 aromatic carbocycles. The maximum Gasteiger partial charge on any atom is 0.309 e. The van der Waals surface area contributed by atoms with Gasteiger partial charge in [0.05, 0.1) is 18.0 Å². The van der Waals surface area contributed by atoms with E-state index in [1.54, 1.807) is 36.6 Å². The van der Waals surface area contributed by atoms with Gasteiger partial charge in [-0.1, -0.05) is 18.2 Å². The highest BCUT2D eigenvalue weighted by atomic mass is 32.1. The van der Waals surface area contributed by atoms with Crippen LogP contribution in [0, 0.1) is 0 Å². The van der Waals surface area contributed by atoms with Crippen LogP contribution in [0.5, 0.6) is 11.5 Å². The van der Waals surface area contributed by atoms with Crippen LogP contribution in [0.25, 0.3) is 0 Å². The van der Waals surface area contributed by atoms with Crippen LogP contribution in [0.2, 0.25) is 0 Å². The largest absolute Gasteiger partial charge is 0.481 e. The lowest BCUT2D eigenvalue weighted by Crippen LogP contribution is -2.18. The molecule has 1 amide bonds. The summed E-state index contributed by atoms with van der Waals surface area (Å²) in [7, 11) is 0. The quantitative estimate of drug-likeness (QED) is 0.636. The molecular formula is C20H18N2O4S. The second-order valence-electron chi connectivity index (χ2n) is 5.90. The summed E-state index contributed by atoms with van der Waals surface area (Å²) in [6.45, 7) is 1.74. The minimum Gasteiger partial charge on any atom is -0.481 e. The molecule has 1 heterocycles. The first-order chi connectivity index (χ1) is 13.0. The summed E-state index contributed by atoms with van der Waals surface area (Å²) in [5.41, 5.74) is 1.11. The van der Waals surface area contributed by atoms with Gasteiger partial charge in [-0.15, -0.1) is 11.3 Å². The molecule has 3 aromatic rings. The Morgan fingerprint density at radius 3 is 2.44 bits per heavy atom. The fourth-order valence-corrected chi connectivity index (χ4v) is 3.23. The highest BCUT2D eigenvalue weighted by molar-refractivity contribution is 7.09. The van der Waals surface area contributed by atoms with Gasteiger partial charge in [-0.25, -0.2) is 4.98 Å². The molecule has 0 aliphatic heterocycles. The van der Waals surface area contributed by atoms with Gasteiger partial charge in [0.25, 0.3) is 0 Å². The third-order valence-electron chi connectivity index (χ3n) is 3.77. The van der Waals surface area contributed by atoms with Crippen LogP contribution in [0.1, 0.15) is 23.5 Å². The van der Waals surface area contributed by atoms with E-state index in [-0.39, 0.29) is 12.3 Å². The number of amides is 1. The van der Waals surface area contributed by atoms with Crippen molar-refractivity contribution < 1.29 is 19.4 Å². The van der Waals surface area contributed by atoms with E-state index in [0.29, 0.717) is 22.1 Å². The number of carboxylic acid groups (broad SMARTS) is 1. The lowest BCUT2D eigenvalue weighted by molar-refractivity contribution is -0.136. The van der Waals surface area contributed by atoms with E-state index < -0.39 is 11.9 Å². The first-order valence-corrected chi connectivity index (χ1v) is 9.19. The molecule has 0 bridgehead atoms. The predicted molar refractivity (Wildman–Crippen MR) is 103 cm³/mol. The number of hydrogen-bond acceptors (Lipinski definition) is 5. The highest BCUT2D eigenvalue weighted by Gasteiger charge is 2.19. The number of aliphatic carboxylic acids is 1. The van der Waals surface area contributed by atoms with E-state index in [4.69, 9.17) is 9.84 Å². The number of hydrogen-bond donors (Lipinski definition) is 2. The van der Waals surface area contributed by atoms with E-state index in [1.165, 1.54) is 11.3 Å². The van der Waals surface area contributed by atoms with Gasteiger partial charge in [0.15, 0.2) is 0 Å². The lowest BCUT2D eigenvalue weighted by Gasteiger charge is -2.11. The fraction of sp³-hybridized carbons (Fsp3) is 0.150. The van der Waals surface area contributed by atoms with Crippen molar-refractivity contribution in [3.05, 3.63) is 70.7 Å². The summed E-state index contributed by atoms with van der Waals surface area (Å²) in [6.07, 6.45) is -0.145. The van der Waals surface area contributed by atoms with Crippen LogP contribution >= 0.6 is 11.3 Å². The topological polar surface area (TPSA) is 88.5 Å². The molecule has 1 aromatic heterocycles. The molecule has 1 unspecified atom stereocenters. The van der Waals surface area contributed by atoms with Gasteiger partial charge in [-0.3, -0.25) is 9.59 Å². The molecule has 2 N–H and O–H groups in total. The van der Waals surface area contributed by atoms with Crippen molar-refractivity contribution in [1.29, 1.82) is 0 Å². The zero-order valence-corrected chi connectivity index (χ0v) is 15.4. The monoisotopic (exact) mass is 382 g/mol. The summed E-state index contributed by atoms with van der Waals surface area (Å²) >= 11 is 1.29. The molecule has 0 spiro atoms. The average molecular weight is 382 g/mol. The number of para-hydroxylation sites is 1. The summed E-state index contributed by atoms with van der Waals surface area (Å²) in [6, 6.07) is 16.5. The van der Waals surface area contributed by atoms with Crippen LogP contribution in [-0.2, 0) is 16.0 Å². The molecule has 0 radical (unpaired) electrons. The summed E-state index contributed by atoms with van der Waals surface area (Å²) in [5.74, 6) is -0.211. The summed E-state index contributed by atoms with van der Waals surface area (Å²) in [5, 5.41) is 13.9. The summed E-state index contributed by atoms with van der Waals surface area (Å²) in [4.78, 5) is 27.4. The maximum absolute atomic E-state index is 12.4. The van der Waals surface area contributed by atoms with Crippen molar-refractivity contribution >= 4 is 28.9 Å². The van der Waals surface area contributed by atoms with Gasteiger partial charge < -0.3 is 15.2 Å². The van der Waals surface area contributed by atoms with Crippen molar-refractivity contribution in [3.8, 4) is 11.5 Å². The Bertz CT molecular complexity index is 923. The SMILES string of the molecule is CC(C(=O)Nc1ccc(Oc2ccccc2)cc1)c1nc(CC(=O)O)cs1. The molecule has 138 valence electrons. The fourth-order valence-electron chi connectivity index (χ4n) is 2.35. The number of benzene rings is 2. The number of nitrogens with zero attached hydrogens (tertiary/aromatic N) is 1.